The van der Waals surface area contributed by atoms with E-state index in [0.29, 0.717) is 11.1 Å². The number of likely N-dealkylation sites (N-methyl/N-ethyl adjacent to an activating group) is 1. The Balaban J connectivity index is 3.03. The molecule has 0 saturated carbocycles. The summed E-state index contributed by atoms with van der Waals surface area (Å²) in [5.74, 6) is -0.163. The van der Waals surface area contributed by atoms with Crippen LogP contribution in [0.5, 0.6) is 0 Å². The second-order valence-corrected chi connectivity index (χ2v) is 7.70. The predicted molar refractivity (Wildman–Crippen MR) is 83.9 cm³/mol. The van der Waals surface area contributed by atoms with Crippen molar-refractivity contribution in [2.75, 3.05) is 13.7 Å². The topological polar surface area (TPSA) is 83.6 Å². The molecule has 3 N–H and O–H groups in total. The highest BCUT2D eigenvalue weighted by Gasteiger charge is 2.32. The summed E-state index contributed by atoms with van der Waals surface area (Å²) < 4.78 is 25.9. The minimum absolute atomic E-state index is 0.163. The van der Waals surface area contributed by atoms with Crippen LogP contribution in [0, 0.1) is 0 Å². The third-order valence-corrected chi connectivity index (χ3v) is 5.48. The molecule has 0 saturated heterocycles. The van der Waals surface area contributed by atoms with Gasteiger partial charge in [-0.3, -0.25) is 0 Å². The number of nitrogens with zero attached hydrogens (tertiary/aromatic N) is 1. The first-order valence-corrected chi connectivity index (χ1v) is 8.08. The second-order valence-electron chi connectivity index (χ2n) is 5.26. The average Bonchev–Trinajstić information content (AvgIpc) is 2.37. The predicted octanol–water partition coefficient (Wildman–Crippen LogP) is 0.853. The number of nitrogens with two attached hydrogens (primary N) is 1. The van der Waals surface area contributed by atoms with Gasteiger partial charge in [0.05, 0.1) is 17.9 Å². The summed E-state index contributed by atoms with van der Waals surface area (Å²) in [5, 5.41) is 9.27. The zero-order valence-electron chi connectivity index (χ0n) is 11.8. The van der Waals surface area contributed by atoms with Gasteiger partial charge in [-0.05, 0) is 25.5 Å². The number of rotatable bonds is 6. The van der Waals surface area contributed by atoms with Crippen molar-refractivity contribution in [3.05, 3.63) is 35.4 Å². The van der Waals surface area contributed by atoms with Gasteiger partial charge in [0.15, 0.2) is 0 Å². The number of aliphatic hydroxyl groups excluding tert-OH is 1. The van der Waals surface area contributed by atoms with Crippen LogP contribution < -0.4 is 5.73 Å². The molecule has 0 radical (unpaired) electrons. The number of hydrogen-bond donors (Lipinski definition) is 2. The molecule has 1 rings (SSSR count). The standard InChI is InChI=1S/C13H20N2O3S2/c1-13(2,9-16)15(3)20(17,18)8-10-5-4-6-11(7-10)12(14)19/h4-7,16H,8-9H2,1-3H3,(H2,14,19). The van der Waals surface area contributed by atoms with Gasteiger partial charge < -0.3 is 10.8 Å². The zero-order chi connectivity index (χ0) is 15.6. The van der Waals surface area contributed by atoms with E-state index in [0.717, 1.165) is 0 Å². The van der Waals surface area contributed by atoms with Crippen LogP contribution in [0.2, 0.25) is 0 Å². The van der Waals surface area contributed by atoms with Crippen LogP contribution in [0.4, 0.5) is 0 Å². The Hall–Kier alpha value is -1.02. The van der Waals surface area contributed by atoms with Gasteiger partial charge in [-0.1, -0.05) is 30.4 Å². The lowest BCUT2D eigenvalue weighted by Gasteiger charge is -2.32. The number of thiocarbonyl (C=S) groups is 1. The molecule has 0 amide bonds. The van der Waals surface area contributed by atoms with Crippen molar-refractivity contribution in [3.8, 4) is 0 Å². The van der Waals surface area contributed by atoms with E-state index in [9.17, 15) is 13.5 Å². The smallest absolute Gasteiger partial charge is 0.218 e. The monoisotopic (exact) mass is 316 g/mol. The molecule has 7 heteroatoms. The maximum absolute atomic E-state index is 12.3. The number of aliphatic hydroxyl groups is 1. The average molecular weight is 316 g/mol. The minimum Gasteiger partial charge on any atom is -0.394 e. The minimum atomic E-state index is -3.54. The summed E-state index contributed by atoms with van der Waals surface area (Å²) in [4.78, 5) is 0.230. The first-order chi connectivity index (χ1) is 9.10. The van der Waals surface area contributed by atoms with Gasteiger partial charge in [-0.15, -0.1) is 0 Å². The van der Waals surface area contributed by atoms with E-state index < -0.39 is 15.6 Å². The Bertz CT molecular complexity index is 597. The Morgan fingerprint density at radius 2 is 2.05 bits per heavy atom. The molecule has 0 heterocycles. The van der Waals surface area contributed by atoms with Crippen LogP contribution in [-0.4, -0.2) is 42.0 Å². The summed E-state index contributed by atoms with van der Waals surface area (Å²) >= 11 is 4.88. The molecule has 0 fully saturated rings. The van der Waals surface area contributed by atoms with E-state index in [1.165, 1.54) is 11.4 Å². The molecule has 0 bridgehead atoms. The van der Waals surface area contributed by atoms with Crippen LogP contribution in [0.3, 0.4) is 0 Å². The van der Waals surface area contributed by atoms with Gasteiger partial charge in [0.2, 0.25) is 10.0 Å². The lowest BCUT2D eigenvalue weighted by molar-refractivity contribution is 0.138. The summed E-state index contributed by atoms with van der Waals surface area (Å²) in [6.07, 6.45) is 0. The van der Waals surface area contributed by atoms with Crippen molar-refractivity contribution in [1.82, 2.24) is 4.31 Å². The third-order valence-electron chi connectivity index (χ3n) is 3.22. The maximum Gasteiger partial charge on any atom is 0.218 e. The van der Waals surface area contributed by atoms with E-state index in [2.05, 4.69) is 0 Å². The Labute approximate surface area is 125 Å². The van der Waals surface area contributed by atoms with Gasteiger partial charge in [-0.2, -0.15) is 4.31 Å². The van der Waals surface area contributed by atoms with E-state index >= 15 is 0 Å². The van der Waals surface area contributed by atoms with Gasteiger partial charge in [0, 0.05) is 12.6 Å². The Morgan fingerprint density at radius 1 is 1.45 bits per heavy atom. The molecule has 5 nitrogen and oxygen atoms in total. The molecule has 1 aromatic carbocycles. The molecule has 0 aromatic heterocycles. The van der Waals surface area contributed by atoms with Gasteiger partial charge >= 0.3 is 0 Å². The molecule has 0 aliphatic carbocycles. The molecule has 112 valence electrons. The molecule has 1 aromatic rings. The number of hydrogen-bond acceptors (Lipinski definition) is 4. The first-order valence-electron chi connectivity index (χ1n) is 6.06. The highest BCUT2D eigenvalue weighted by atomic mass is 32.2. The highest BCUT2D eigenvalue weighted by Crippen LogP contribution is 2.19. The van der Waals surface area contributed by atoms with E-state index in [1.807, 2.05) is 0 Å². The zero-order valence-corrected chi connectivity index (χ0v) is 13.5. The quantitative estimate of drug-likeness (QED) is 0.760. The van der Waals surface area contributed by atoms with Crippen molar-refractivity contribution in [1.29, 1.82) is 0 Å². The number of benzene rings is 1. The fourth-order valence-electron chi connectivity index (χ4n) is 1.60. The lowest BCUT2D eigenvalue weighted by atomic mass is 10.1. The van der Waals surface area contributed by atoms with Gasteiger partial charge in [-0.25, -0.2) is 8.42 Å². The van der Waals surface area contributed by atoms with Crippen LogP contribution in [0.15, 0.2) is 24.3 Å². The van der Waals surface area contributed by atoms with Crippen LogP contribution in [0.25, 0.3) is 0 Å². The summed E-state index contributed by atoms with van der Waals surface area (Å²) in [5.41, 5.74) is 5.93. The van der Waals surface area contributed by atoms with Crippen LogP contribution in [0.1, 0.15) is 25.0 Å². The fourth-order valence-corrected chi connectivity index (χ4v) is 3.33. The second kappa shape index (κ2) is 6.17. The summed E-state index contributed by atoms with van der Waals surface area (Å²) in [6, 6.07) is 6.83. The van der Waals surface area contributed by atoms with Crippen LogP contribution in [-0.2, 0) is 15.8 Å². The molecule has 0 aliphatic rings. The molecular formula is C13H20N2O3S2. The highest BCUT2D eigenvalue weighted by molar-refractivity contribution is 7.88. The van der Waals surface area contributed by atoms with Crippen molar-refractivity contribution < 1.29 is 13.5 Å². The lowest BCUT2D eigenvalue weighted by Crippen LogP contribution is -2.47. The summed E-state index contributed by atoms with van der Waals surface area (Å²) in [7, 11) is -2.08. The van der Waals surface area contributed by atoms with Gasteiger partial charge in [0.25, 0.3) is 0 Å². The SMILES string of the molecule is CN(C(C)(C)CO)S(=O)(=O)Cc1cccc(C(N)=S)c1. The Morgan fingerprint density at radius 3 is 2.55 bits per heavy atom. The molecule has 0 atom stereocenters. The molecular weight excluding hydrogens is 296 g/mol. The third kappa shape index (κ3) is 3.99. The molecule has 0 spiro atoms. The normalized spacial score (nSPS) is 12.7. The Kier molecular flexibility index (Phi) is 5.26. The van der Waals surface area contributed by atoms with E-state index in [1.54, 1.807) is 38.1 Å². The molecule has 0 unspecified atom stereocenters. The number of sulfonamides is 1. The van der Waals surface area contributed by atoms with Crippen molar-refractivity contribution >= 4 is 27.2 Å². The first kappa shape index (κ1) is 17.0. The van der Waals surface area contributed by atoms with E-state index in [-0.39, 0.29) is 17.3 Å². The van der Waals surface area contributed by atoms with E-state index in [4.69, 9.17) is 18.0 Å². The van der Waals surface area contributed by atoms with Crippen molar-refractivity contribution in [3.63, 3.8) is 0 Å². The van der Waals surface area contributed by atoms with Crippen molar-refractivity contribution in [2.24, 2.45) is 5.73 Å². The fraction of sp³-hybridized carbons (Fsp3) is 0.462. The molecule has 0 aliphatic heterocycles. The summed E-state index contributed by atoms with van der Waals surface area (Å²) in [6.45, 7) is 3.07. The van der Waals surface area contributed by atoms with Crippen LogP contribution >= 0.6 is 12.2 Å². The van der Waals surface area contributed by atoms with Crippen molar-refractivity contribution in [2.45, 2.75) is 25.1 Å². The van der Waals surface area contributed by atoms with Gasteiger partial charge in [0.1, 0.15) is 4.99 Å². The molecule has 20 heavy (non-hydrogen) atoms. The largest absolute Gasteiger partial charge is 0.394 e. The maximum atomic E-state index is 12.3.